The second kappa shape index (κ2) is 9.35. The highest BCUT2D eigenvalue weighted by Crippen LogP contribution is 2.51. The Balaban J connectivity index is 1.32. The summed E-state index contributed by atoms with van der Waals surface area (Å²) in [6, 6.07) is 46.4. The second-order valence-corrected chi connectivity index (χ2v) is 12.0. The first kappa shape index (κ1) is 24.6. The Morgan fingerprint density at radius 1 is 0.533 bits per heavy atom. The molecule has 3 heterocycles. The highest BCUT2D eigenvalue weighted by atomic mass is 16.5. The van der Waals surface area contributed by atoms with Gasteiger partial charge >= 0.3 is 0 Å². The van der Waals surface area contributed by atoms with Gasteiger partial charge in [-0.05, 0) is 66.1 Å². The predicted molar refractivity (Wildman–Crippen MR) is 187 cm³/mol. The predicted octanol–water partition coefficient (Wildman–Crippen LogP) is 11.4. The molecule has 0 fully saturated rings. The standard InChI is InChI=1S/C42H28N2O/c1-2-12-27(13-3-1)43-36-19-9-7-16-31(36)35-26-28(22-24-38(35)43)44-37-20-10-6-15-30(37)34-23-25-40-41(42(34)44)33-18-5-4-14-29(33)32-17-8-11-21-39(32)45-40/h1-12,14-27H,13H2. The van der Waals surface area contributed by atoms with Crippen LogP contribution in [0.4, 0.5) is 0 Å². The summed E-state index contributed by atoms with van der Waals surface area (Å²) in [6.07, 6.45) is 9.89. The SMILES string of the molecule is C1=CCC(n2c3ccccc3c3cc(-n4c5ccccc5c5ccc6c(c54)-c4ccccc4-c4ccccc4O6)ccc32)C=C1. The molecule has 3 nitrogen and oxygen atoms in total. The van der Waals surface area contributed by atoms with E-state index in [9.17, 15) is 0 Å². The van der Waals surface area contributed by atoms with E-state index in [0.29, 0.717) is 6.04 Å². The van der Waals surface area contributed by atoms with Crippen LogP contribution >= 0.6 is 0 Å². The third-order valence-electron chi connectivity index (χ3n) is 9.63. The molecule has 2 aromatic heterocycles. The average molecular weight is 577 g/mol. The molecule has 0 bridgehead atoms. The van der Waals surface area contributed by atoms with E-state index in [4.69, 9.17) is 4.74 Å². The van der Waals surface area contributed by atoms with Crippen molar-refractivity contribution >= 4 is 43.6 Å². The molecule has 0 spiro atoms. The number of ether oxygens (including phenoxy) is 1. The smallest absolute Gasteiger partial charge is 0.137 e. The van der Waals surface area contributed by atoms with E-state index in [2.05, 4.69) is 155 Å². The molecule has 3 heteroatoms. The molecule has 212 valence electrons. The van der Waals surface area contributed by atoms with Crippen molar-refractivity contribution in [3.8, 4) is 39.4 Å². The number of benzene rings is 6. The molecule has 1 atom stereocenters. The molecule has 6 aromatic carbocycles. The van der Waals surface area contributed by atoms with Crippen LogP contribution in [0.15, 0.2) is 152 Å². The molecule has 10 rings (SSSR count). The zero-order valence-electron chi connectivity index (χ0n) is 24.5. The molecule has 0 radical (unpaired) electrons. The lowest BCUT2D eigenvalue weighted by molar-refractivity contribution is 0.488. The largest absolute Gasteiger partial charge is 0.456 e. The fourth-order valence-electron chi connectivity index (χ4n) is 7.73. The molecular weight excluding hydrogens is 548 g/mol. The molecule has 45 heavy (non-hydrogen) atoms. The highest BCUT2D eigenvalue weighted by molar-refractivity contribution is 6.17. The Bertz CT molecular complexity index is 2560. The van der Waals surface area contributed by atoms with Gasteiger partial charge in [-0.15, -0.1) is 0 Å². The van der Waals surface area contributed by atoms with Crippen LogP contribution in [0, 0.1) is 0 Å². The van der Waals surface area contributed by atoms with Gasteiger partial charge in [0.1, 0.15) is 11.5 Å². The number of fused-ring (bicyclic) bond motifs is 12. The van der Waals surface area contributed by atoms with Crippen molar-refractivity contribution in [2.75, 3.05) is 0 Å². The lowest BCUT2D eigenvalue weighted by Crippen LogP contribution is -2.06. The molecule has 0 amide bonds. The first-order chi connectivity index (χ1) is 22.3. The molecule has 0 saturated heterocycles. The van der Waals surface area contributed by atoms with Crippen LogP contribution in [-0.2, 0) is 0 Å². The fraction of sp³-hybridized carbons (Fsp3) is 0.0476. The minimum atomic E-state index is 0.294. The Morgan fingerprint density at radius 3 is 2.09 bits per heavy atom. The van der Waals surface area contributed by atoms with Gasteiger partial charge in [0, 0.05) is 49.4 Å². The number of hydrogen-bond donors (Lipinski definition) is 0. The number of para-hydroxylation sites is 3. The van der Waals surface area contributed by atoms with E-state index >= 15 is 0 Å². The van der Waals surface area contributed by atoms with Crippen molar-refractivity contribution in [1.29, 1.82) is 0 Å². The molecule has 0 saturated carbocycles. The van der Waals surface area contributed by atoms with Gasteiger partial charge in [-0.3, -0.25) is 0 Å². The van der Waals surface area contributed by atoms with E-state index in [1.807, 2.05) is 6.07 Å². The van der Waals surface area contributed by atoms with E-state index in [1.54, 1.807) is 0 Å². The van der Waals surface area contributed by atoms with Crippen molar-refractivity contribution < 1.29 is 4.74 Å². The van der Waals surface area contributed by atoms with Crippen molar-refractivity contribution in [3.05, 3.63) is 152 Å². The van der Waals surface area contributed by atoms with Gasteiger partial charge in [-0.25, -0.2) is 0 Å². The fourth-order valence-corrected chi connectivity index (χ4v) is 7.73. The summed E-state index contributed by atoms with van der Waals surface area (Å²) in [7, 11) is 0. The summed E-state index contributed by atoms with van der Waals surface area (Å²) >= 11 is 0. The van der Waals surface area contributed by atoms with Gasteiger partial charge in [-0.2, -0.15) is 0 Å². The maximum Gasteiger partial charge on any atom is 0.137 e. The van der Waals surface area contributed by atoms with Gasteiger partial charge in [0.25, 0.3) is 0 Å². The van der Waals surface area contributed by atoms with E-state index in [-0.39, 0.29) is 0 Å². The molecule has 1 unspecified atom stereocenters. The first-order valence-corrected chi connectivity index (χ1v) is 15.6. The summed E-state index contributed by atoms with van der Waals surface area (Å²) in [5.41, 5.74) is 10.6. The highest BCUT2D eigenvalue weighted by Gasteiger charge is 2.26. The summed E-state index contributed by atoms with van der Waals surface area (Å²) in [4.78, 5) is 0. The number of allylic oxidation sites excluding steroid dienone is 4. The molecule has 2 aliphatic rings. The van der Waals surface area contributed by atoms with Crippen molar-refractivity contribution in [2.24, 2.45) is 0 Å². The number of aromatic nitrogens is 2. The van der Waals surface area contributed by atoms with Gasteiger partial charge in [0.15, 0.2) is 0 Å². The lowest BCUT2D eigenvalue weighted by Gasteiger charge is -2.18. The van der Waals surface area contributed by atoms with Gasteiger partial charge < -0.3 is 13.9 Å². The van der Waals surface area contributed by atoms with Crippen LogP contribution in [-0.4, -0.2) is 9.13 Å². The molecule has 1 aliphatic heterocycles. The van der Waals surface area contributed by atoms with Crippen LogP contribution in [0.25, 0.3) is 71.6 Å². The summed E-state index contributed by atoms with van der Waals surface area (Å²) < 4.78 is 11.7. The van der Waals surface area contributed by atoms with E-state index in [0.717, 1.165) is 40.3 Å². The monoisotopic (exact) mass is 576 g/mol. The van der Waals surface area contributed by atoms with E-state index < -0.39 is 0 Å². The second-order valence-electron chi connectivity index (χ2n) is 12.0. The summed E-state index contributed by atoms with van der Waals surface area (Å²) in [5, 5.41) is 5.00. The first-order valence-electron chi connectivity index (χ1n) is 15.6. The third-order valence-corrected chi connectivity index (χ3v) is 9.63. The average Bonchev–Trinajstić information content (AvgIpc) is 3.56. The van der Waals surface area contributed by atoms with Crippen LogP contribution in [0.5, 0.6) is 11.5 Å². The Hall–Kier alpha value is -5.80. The maximum atomic E-state index is 6.75. The van der Waals surface area contributed by atoms with E-state index in [1.165, 1.54) is 49.2 Å². The molecule has 0 N–H and O–H groups in total. The lowest BCUT2D eigenvalue weighted by atomic mass is 9.93. The Kier molecular flexibility index (Phi) is 5.11. The molecule has 8 aromatic rings. The van der Waals surface area contributed by atoms with Gasteiger partial charge in [0.05, 0.1) is 17.1 Å². The number of hydrogen-bond acceptors (Lipinski definition) is 1. The number of nitrogens with zero attached hydrogens (tertiary/aromatic N) is 2. The minimum absolute atomic E-state index is 0.294. The van der Waals surface area contributed by atoms with Crippen LogP contribution in [0.2, 0.25) is 0 Å². The van der Waals surface area contributed by atoms with Crippen LogP contribution in [0.3, 0.4) is 0 Å². The van der Waals surface area contributed by atoms with Crippen molar-refractivity contribution in [3.63, 3.8) is 0 Å². The maximum absolute atomic E-state index is 6.75. The Morgan fingerprint density at radius 2 is 1.24 bits per heavy atom. The summed E-state index contributed by atoms with van der Waals surface area (Å²) in [6.45, 7) is 0. The van der Waals surface area contributed by atoms with Crippen LogP contribution in [0.1, 0.15) is 12.5 Å². The quantitative estimate of drug-likeness (QED) is 0.200. The Labute approximate surface area is 260 Å². The summed E-state index contributed by atoms with van der Waals surface area (Å²) in [5.74, 6) is 1.75. The normalized spacial score (nSPS) is 15.2. The molecule has 1 aliphatic carbocycles. The minimum Gasteiger partial charge on any atom is -0.456 e. The van der Waals surface area contributed by atoms with Crippen molar-refractivity contribution in [1.82, 2.24) is 9.13 Å². The molecular formula is C42H28N2O. The van der Waals surface area contributed by atoms with Crippen molar-refractivity contribution in [2.45, 2.75) is 12.5 Å². The zero-order valence-corrected chi connectivity index (χ0v) is 24.5. The number of rotatable bonds is 2. The zero-order chi connectivity index (χ0) is 29.5. The van der Waals surface area contributed by atoms with Gasteiger partial charge in [0.2, 0.25) is 0 Å². The van der Waals surface area contributed by atoms with Gasteiger partial charge in [-0.1, -0.05) is 103 Å². The van der Waals surface area contributed by atoms with Crippen LogP contribution < -0.4 is 4.74 Å². The third kappa shape index (κ3) is 3.46. The topological polar surface area (TPSA) is 19.1 Å².